The maximum absolute atomic E-state index is 13.8. The number of rotatable bonds is 5. The average molecular weight is 435 g/mol. The summed E-state index contributed by atoms with van der Waals surface area (Å²) in [6, 6.07) is 19.2. The van der Waals surface area contributed by atoms with Crippen molar-refractivity contribution in [3.63, 3.8) is 0 Å². The Kier molecular flexibility index (Phi) is 5.34. The molecule has 2 unspecified atom stereocenters. The Morgan fingerprint density at radius 1 is 1.00 bits per heavy atom. The number of carbonyl (C=O) groups excluding carboxylic acids is 3. The highest BCUT2D eigenvalue weighted by Gasteiger charge is 2.62. The van der Waals surface area contributed by atoms with E-state index in [1.54, 1.807) is 11.8 Å². The molecule has 0 radical (unpaired) electrons. The van der Waals surface area contributed by atoms with E-state index in [1.165, 1.54) is 0 Å². The molecular weight excluding hydrogens is 408 g/mol. The molecule has 2 amide bonds. The molecular formula is C25H26N2O3S. The van der Waals surface area contributed by atoms with E-state index >= 15 is 0 Å². The van der Waals surface area contributed by atoms with Crippen LogP contribution >= 0.6 is 11.8 Å². The third-order valence-electron chi connectivity index (χ3n) is 6.98. The fourth-order valence-corrected chi connectivity index (χ4v) is 6.99. The Bertz CT molecular complexity index is 983. The highest BCUT2D eigenvalue weighted by atomic mass is 32.2. The molecule has 31 heavy (non-hydrogen) atoms. The summed E-state index contributed by atoms with van der Waals surface area (Å²) in [4.78, 5) is 43.3. The summed E-state index contributed by atoms with van der Waals surface area (Å²) >= 11 is 1.73. The van der Waals surface area contributed by atoms with Gasteiger partial charge in [0.25, 0.3) is 0 Å². The Labute approximate surface area is 186 Å². The molecule has 3 fully saturated rings. The molecule has 0 aromatic heterocycles. The minimum Gasteiger partial charge on any atom is -0.314 e. The number of ketones is 1. The average Bonchev–Trinajstić information content (AvgIpc) is 3.35. The number of urea groups is 1. The zero-order valence-corrected chi connectivity index (χ0v) is 18.2. The first-order chi connectivity index (χ1) is 15.2. The number of nitrogens with zero attached hydrogens (tertiary/aromatic N) is 2. The van der Waals surface area contributed by atoms with Crippen molar-refractivity contribution in [3.05, 3.63) is 71.8 Å². The first kappa shape index (κ1) is 20.3. The number of amides is 2. The van der Waals surface area contributed by atoms with Crippen LogP contribution in [-0.2, 0) is 16.1 Å². The molecule has 0 N–H and O–H groups in total. The second kappa shape index (κ2) is 8.15. The lowest BCUT2D eigenvalue weighted by molar-refractivity contribution is -0.141. The van der Waals surface area contributed by atoms with Crippen LogP contribution in [0.5, 0.6) is 0 Å². The number of benzene rings is 2. The first-order valence-electron chi connectivity index (χ1n) is 10.9. The number of hydrogen-bond donors (Lipinski definition) is 0. The highest BCUT2D eigenvalue weighted by Crippen LogP contribution is 2.52. The van der Waals surface area contributed by atoms with Crippen LogP contribution in [0, 0.1) is 5.41 Å². The number of thioether (sulfide) groups is 1. The largest absolute Gasteiger partial charge is 0.322 e. The maximum atomic E-state index is 13.8. The van der Waals surface area contributed by atoms with Crippen LogP contribution in [0.25, 0.3) is 0 Å². The standard InChI is InChI=1S/C25H26N2O3S/c28-17-25(14-8-7-13-21(25)29)22-20-16-31-23(19-11-5-2-6-12-19)27(20)24(30)26(22)15-18-9-3-1-4-10-18/h1-6,9-12,17,20,22-23H,7-8,13-16H2/t20-,22?,23-,25?/m0/s1. The van der Waals surface area contributed by atoms with Gasteiger partial charge < -0.3 is 14.6 Å². The number of Topliss-reactive ketones (excluding diaryl/α,β-unsaturated/α-hetero) is 1. The smallest absolute Gasteiger partial charge is 0.314 e. The molecule has 2 aliphatic heterocycles. The molecule has 4 atom stereocenters. The van der Waals surface area contributed by atoms with Crippen molar-refractivity contribution in [2.75, 3.05) is 5.75 Å². The minimum absolute atomic E-state index is 0.000349. The van der Waals surface area contributed by atoms with Gasteiger partial charge in [0.15, 0.2) is 0 Å². The van der Waals surface area contributed by atoms with Crippen molar-refractivity contribution >= 4 is 29.9 Å². The number of fused-ring (bicyclic) bond motifs is 1. The maximum Gasteiger partial charge on any atom is 0.322 e. The van der Waals surface area contributed by atoms with Crippen molar-refractivity contribution < 1.29 is 14.4 Å². The summed E-state index contributed by atoms with van der Waals surface area (Å²) < 4.78 is 0. The SMILES string of the molecule is O=CC1(C2[C@@H]3CS[C@@H](c4ccccc4)N3C(=O)N2Cc2ccccc2)CCCCC1=O. The normalized spacial score (nSPS) is 30.5. The Morgan fingerprint density at radius 3 is 2.39 bits per heavy atom. The molecule has 2 aromatic rings. The zero-order valence-electron chi connectivity index (χ0n) is 17.4. The van der Waals surface area contributed by atoms with Crippen LogP contribution in [0.15, 0.2) is 60.7 Å². The fraction of sp³-hybridized carbons (Fsp3) is 0.400. The van der Waals surface area contributed by atoms with Gasteiger partial charge in [0.1, 0.15) is 22.9 Å². The van der Waals surface area contributed by atoms with Gasteiger partial charge in [0.2, 0.25) is 0 Å². The van der Waals surface area contributed by atoms with Crippen molar-refractivity contribution in [3.8, 4) is 0 Å². The van der Waals surface area contributed by atoms with E-state index < -0.39 is 11.5 Å². The summed E-state index contributed by atoms with van der Waals surface area (Å²) in [5.74, 6) is 0.726. The fourth-order valence-electron chi connectivity index (χ4n) is 5.51. The molecule has 2 heterocycles. The van der Waals surface area contributed by atoms with Crippen LogP contribution in [0.3, 0.4) is 0 Å². The predicted octanol–water partition coefficient (Wildman–Crippen LogP) is 4.44. The van der Waals surface area contributed by atoms with E-state index in [1.807, 2.05) is 70.5 Å². The summed E-state index contributed by atoms with van der Waals surface area (Å²) in [6.45, 7) is 0.409. The molecule has 3 aliphatic rings. The van der Waals surface area contributed by atoms with E-state index in [4.69, 9.17) is 0 Å². The zero-order chi connectivity index (χ0) is 21.4. The van der Waals surface area contributed by atoms with E-state index in [2.05, 4.69) is 0 Å². The van der Waals surface area contributed by atoms with E-state index in [0.29, 0.717) is 19.4 Å². The molecule has 2 saturated heterocycles. The quantitative estimate of drug-likeness (QED) is 0.516. The van der Waals surface area contributed by atoms with E-state index in [0.717, 1.165) is 36.0 Å². The molecule has 0 bridgehead atoms. The monoisotopic (exact) mass is 434 g/mol. The van der Waals surface area contributed by atoms with Crippen molar-refractivity contribution in [2.24, 2.45) is 5.41 Å². The number of carbonyl (C=O) groups is 3. The first-order valence-corrected chi connectivity index (χ1v) is 12.0. The lowest BCUT2D eigenvalue weighted by atomic mass is 9.67. The van der Waals surface area contributed by atoms with Gasteiger partial charge in [0, 0.05) is 18.7 Å². The van der Waals surface area contributed by atoms with Crippen molar-refractivity contribution in [1.29, 1.82) is 0 Å². The molecule has 1 saturated carbocycles. The molecule has 160 valence electrons. The summed E-state index contributed by atoms with van der Waals surface area (Å²) in [5, 5.41) is -0.0932. The molecule has 2 aromatic carbocycles. The van der Waals surface area contributed by atoms with Gasteiger partial charge in [0.05, 0.1) is 12.1 Å². The molecule has 1 aliphatic carbocycles. The minimum atomic E-state index is -1.10. The number of hydrogen-bond acceptors (Lipinski definition) is 4. The van der Waals surface area contributed by atoms with Gasteiger partial charge in [-0.25, -0.2) is 4.79 Å². The molecule has 6 heteroatoms. The second-order valence-corrected chi connectivity index (χ2v) is 9.81. The number of aldehydes is 1. The van der Waals surface area contributed by atoms with Crippen molar-refractivity contribution in [2.45, 2.75) is 49.7 Å². The lowest BCUT2D eigenvalue weighted by Crippen LogP contribution is -2.56. The third-order valence-corrected chi connectivity index (χ3v) is 8.33. The predicted molar refractivity (Wildman–Crippen MR) is 120 cm³/mol. The van der Waals surface area contributed by atoms with Gasteiger partial charge in [-0.1, -0.05) is 67.1 Å². The van der Waals surface area contributed by atoms with E-state index in [9.17, 15) is 14.4 Å². The van der Waals surface area contributed by atoms with E-state index in [-0.39, 0.29) is 23.2 Å². The van der Waals surface area contributed by atoms with Crippen LogP contribution in [0.2, 0.25) is 0 Å². The third kappa shape index (κ3) is 3.28. The second-order valence-electron chi connectivity index (χ2n) is 8.70. The molecule has 0 spiro atoms. The van der Waals surface area contributed by atoms with Gasteiger partial charge in [-0.15, -0.1) is 11.8 Å². The molecule has 5 rings (SSSR count). The topological polar surface area (TPSA) is 57.7 Å². The van der Waals surface area contributed by atoms with Gasteiger partial charge >= 0.3 is 6.03 Å². The van der Waals surface area contributed by atoms with Crippen LogP contribution in [0.4, 0.5) is 4.79 Å². The van der Waals surface area contributed by atoms with Crippen LogP contribution in [0.1, 0.15) is 42.2 Å². The summed E-state index contributed by atoms with van der Waals surface area (Å²) in [7, 11) is 0. The lowest BCUT2D eigenvalue weighted by Gasteiger charge is -2.41. The Balaban J connectivity index is 1.57. The van der Waals surface area contributed by atoms with Crippen LogP contribution < -0.4 is 0 Å². The van der Waals surface area contributed by atoms with Gasteiger partial charge in [-0.05, 0) is 24.0 Å². The summed E-state index contributed by atoms with van der Waals surface area (Å²) in [5.41, 5.74) is 0.989. The highest BCUT2D eigenvalue weighted by molar-refractivity contribution is 7.99. The molecule has 5 nitrogen and oxygen atoms in total. The Morgan fingerprint density at radius 2 is 1.71 bits per heavy atom. The van der Waals surface area contributed by atoms with Gasteiger partial charge in [-0.2, -0.15) is 0 Å². The van der Waals surface area contributed by atoms with Crippen LogP contribution in [-0.4, -0.2) is 45.7 Å². The Hall–Kier alpha value is -2.60. The van der Waals surface area contributed by atoms with Crippen molar-refractivity contribution in [1.82, 2.24) is 9.80 Å². The van der Waals surface area contributed by atoms with Gasteiger partial charge in [-0.3, -0.25) is 4.79 Å². The summed E-state index contributed by atoms with van der Waals surface area (Å²) in [6.07, 6.45) is 3.49.